The van der Waals surface area contributed by atoms with Gasteiger partial charge in [-0.05, 0) is 55.8 Å². The van der Waals surface area contributed by atoms with Crippen molar-refractivity contribution in [2.45, 2.75) is 19.9 Å². The molecule has 1 aromatic heterocycles. The van der Waals surface area contributed by atoms with Crippen molar-refractivity contribution in [3.05, 3.63) is 71.4 Å². The highest BCUT2D eigenvalue weighted by Crippen LogP contribution is 2.25. The number of nitrogens with one attached hydrogen (secondary N) is 1. The first-order valence-corrected chi connectivity index (χ1v) is 9.58. The number of anilines is 1. The topological polar surface area (TPSA) is 109 Å². The van der Waals surface area contributed by atoms with Gasteiger partial charge in [-0.15, -0.1) is 0 Å². The van der Waals surface area contributed by atoms with Crippen LogP contribution in [-0.4, -0.2) is 33.5 Å². The minimum Gasteiger partial charge on any atom is -0.480 e. The van der Waals surface area contributed by atoms with Crippen LogP contribution in [0.2, 0.25) is 0 Å². The Morgan fingerprint density at radius 1 is 1.06 bits per heavy atom. The molecular formula is C23H19N3O5. The number of hydrogen-bond acceptors (Lipinski definition) is 4. The number of carbonyl (C=O) groups excluding carboxylic acids is 3. The van der Waals surface area contributed by atoms with Crippen LogP contribution in [0.3, 0.4) is 0 Å². The molecule has 3 aromatic rings. The Bertz CT molecular complexity index is 1270. The Kier molecular flexibility index (Phi) is 4.90. The molecule has 1 saturated heterocycles. The highest BCUT2D eigenvalue weighted by Gasteiger charge is 2.36. The predicted molar refractivity (Wildman–Crippen MR) is 114 cm³/mol. The zero-order chi connectivity index (χ0) is 22.3. The molecule has 1 fully saturated rings. The summed E-state index contributed by atoms with van der Waals surface area (Å²) in [5.74, 6) is -2.43. The van der Waals surface area contributed by atoms with Gasteiger partial charge in [0, 0.05) is 17.1 Å². The number of carboxylic acids is 1. The molecule has 2 N–H and O–H groups in total. The van der Waals surface area contributed by atoms with Crippen LogP contribution in [0.5, 0.6) is 0 Å². The zero-order valence-electron chi connectivity index (χ0n) is 16.8. The highest BCUT2D eigenvalue weighted by molar-refractivity contribution is 6.39. The molecule has 156 valence electrons. The quantitative estimate of drug-likeness (QED) is 0.500. The number of imide groups is 2. The number of amides is 4. The summed E-state index contributed by atoms with van der Waals surface area (Å²) in [7, 11) is 0. The number of carbonyl (C=O) groups is 4. The van der Waals surface area contributed by atoms with Crippen LogP contribution in [0.1, 0.15) is 24.1 Å². The molecule has 1 aliphatic rings. The average molecular weight is 417 g/mol. The van der Waals surface area contributed by atoms with E-state index in [1.807, 2.05) is 6.92 Å². The largest absolute Gasteiger partial charge is 0.480 e. The molecule has 8 heteroatoms. The molecule has 1 atom stereocenters. The molecule has 31 heavy (non-hydrogen) atoms. The number of nitrogens with zero attached hydrogens (tertiary/aromatic N) is 2. The van der Waals surface area contributed by atoms with Crippen LogP contribution < -0.4 is 10.2 Å². The molecule has 4 rings (SSSR count). The lowest BCUT2D eigenvalue weighted by molar-refractivity contribution is -0.140. The molecule has 0 saturated carbocycles. The molecule has 0 spiro atoms. The second-order valence-corrected chi connectivity index (χ2v) is 7.35. The van der Waals surface area contributed by atoms with Crippen molar-refractivity contribution in [1.82, 2.24) is 9.88 Å². The van der Waals surface area contributed by atoms with E-state index in [-0.39, 0.29) is 5.57 Å². The van der Waals surface area contributed by atoms with Crippen LogP contribution in [0, 0.1) is 6.92 Å². The molecule has 2 aromatic carbocycles. The summed E-state index contributed by atoms with van der Waals surface area (Å²) in [6.07, 6.45) is 3.10. The summed E-state index contributed by atoms with van der Waals surface area (Å²) in [5, 5.41) is 12.2. The Hall–Kier alpha value is -4.20. The summed E-state index contributed by atoms with van der Waals surface area (Å²) in [6, 6.07) is 12.2. The SMILES string of the molecule is Cc1ccc(N2C(=O)NC(=O)/C(=C\c3ccc4c(ccn4[C@H](C)C(=O)O)c3)C2=O)cc1. The second-order valence-electron chi connectivity index (χ2n) is 7.35. The normalized spacial score (nSPS) is 16.6. The summed E-state index contributed by atoms with van der Waals surface area (Å²) in [5.41, 5.74) is 2.45. The summed E-state index contributed by atoms with van der Waals surface area (Å²) < 4.78 is 1.63. The van der Waals surface area contributed by atoms with Crippen molar-refractivity contribution in [2.24, 2.45) is 0 Å². The van der Waals surface area contributed by atoms with Gasteiger partial charge in [0.05, 0.1) is 5.69 Å². The van der Waals surface area contributed by atoms with E-state index in [1.165, 1.54) is 6.08 Å². The second kappa shape index (κ2) is 7.56. The first-order valence-electron chi connectivity index (χ1n) is 9.58. The van der Waals surface area contributed by atoms with Gasteiger partial charge < -0.3 is 9.67 Å². The van der Waals surface area contributed by atoms with E-state index in [0.29, 0.717) is 16.8 Å². The van der Waals surface area contributed by atoms with Gasteiger partial charge in [0.1, 0.15) is 11.6 Å². The summed E-state index contributed by atoms with van der Waals surface area (Å²) in [4.78, 5) is 49.8. The maximum atomic E-state index is 13.0. The number of barbiturate groups is 1. The number of fused-ring (bicyclic) bond motifs is 1. The van der Waals surface area contributed by atoms with Gasteiger partial charge in [-0.1, -0.05) is 23.8 Å². The fourth-order valence-electron chi connectivity index (χ4n) is 3.48. The van der Waals surface area contributed by atoms with E-state index in [0.717, 1.165) is 15.8 Å². The molecule has 4 amide bonds. The smallest absolute Gasteiger partial charge is 0.335 e. The lowest BCUT2D eigenvalue weighted by Crippen LogP contribution is -2.54. The van der Waals surface area contributed by atoms with E-state index >= 15 is 0 Å². The van der Waals surface area contributed by atoms with Crippen molar-refractivity contribution >= 4 is 46.5 Å². The van der Waals surface area contributed by atoms with Crippen LogP contribution in [-0.2, 0) is 14.4 Å². The van der Waals surface area contributed by atoms with Crippen molar-refractivity contribution in [1.29, 1.82) is 0 Å². The minimum atomic E-state index is -0.950. The molecule has 0 bridgehead atoms. The van der Waals surface area contributed by atoms with Gasteiger partial charge in [-0.3, -0.25) is 14.9 Å². The molecule has 0 radical (unpaired) electrons. The van der Waals surface area contributed by atoms with Crippen molar-refractivity contribution in [3.8, 4) is 0 Å². The Morgan fingerprint density at radius 2 is 1.77 bits per heavy atom. The number of urea groups is 1. The fraction of sp³-hybridized carbons (Fsp3) is 0.130. The highest BCUT2D eigenvalue weighted by atomic mass is 16.4. The number of hydrogen-bond donors (Lipinski definition) is 2. The van der Waals surface area contributed by atoms with Crippen molar-refractivity contribution in [2.75, 3.05) is 4.90 Å². The summed E-state index contributed by atoms with van der Waals surface area (Å²) in [6.45, 7) is 3.47. The van der Waals surface area contributed by atoms with Crippen molar-refractivity contribution in [3.63, 3.8) is 0 Å². The third kappa shape index (κ3) is 3.59. The fourth-order valence-corrected chi connectivity index (χ4v) is 3.48. The number of aliphatic carboxylic acids is 1. The molecule has 1 aliphatic heterocycles. The maximum absolute atomic E-state index is 13.0. The Morgan fingerprint density at radius 3 is 2.45 bits per heavy atom. The zero-order valence-corrected chi connectivity index (χ0v) is 16.8. The van der Waals surface area contributed by atoms with Crippen LogP contribution in [0.25, 0.3) is 17.0 Å². The van der Waals surface area contributed by atoms with Gasteiger partial charge in [-0.2, -0.15) is 0 Å². The van der Waals surface area contributed by atoms with Crippen LogP contribution in [0.15, 0.2) is 60.3 Å². The number of aryl methyl sites for hydroxylation is 1. The molecule has 0 aliphatic carbocycles. The Balaban J connectivity index is 1.71. The first kappa shape index (κ1) is 20.1. The van der Waals surface area contributed by atoms with Gasteiger partial charge in [-0.25, -0.2) is 14.5 Å². The standard InChI is InChI=1S/C23H19N3O5/c1-13-3-6-17(7-4-13)26-21(28)18(20(27)24-23(26)31)12-15-5-8-19-16(11-15)9-10-25(19)14(2)22(29)30/h3-12,14H,1-2H3,(H,29,30)(H,24,27,31)/b18-12+/t14-/m1/s1. The van der Waals surface area contributed by atoms with Gasteiger partial charge in [0.2, 0.25) is 0 Å². The van der Waals surface area contributed by atoms with Gasteiger partial charge in [0.15, 0.2) is 0 Å². The number of aromatic nitrogens is 1. The molecule has 8 nitrogen and oxygen atoms in total. The van der Waals surface area contributed by atoms with Crippen LogP contribution >= 0.6 is 0 Å². The molecule has 0 unspecified atom stereocenters. The molecule has 2 heterocycles. The number of benzene rings is 2. The lowest BCUT2D eigenvalue weighted by Gasteiger charge is -2.26. The third-order valence-corrected chi connectivity index (χ3v) is 5.22. The van der Waals surface area contributed by atoms with Gasteiger partial charge in [0.25, 0.3) is 11.8 Å². The van der Waals surface area contributed by atoms with Gasteiger partial charge >= 0.3 is 12.0 Å². The Labute approximate surface area is 177 Å². The monoisotopic (exact) mass is 417 g/mol. The minimum absolute atomic E-state index is 0.169. The number of carboxylic acid groups (broad SMARTS) is 1. The predicted octanol–water partition coefficient (Wildman–Crippen LogP) is 3.26. The lowest BCUT2D eigenvalue weighted by atomic mass is 10.1. The number of rotatable bonds is 4. The van der Waals surface area contributed by atoms with Crippen LogP contribution in [0.4, 0.5) is 10.5 Å². The third-order valence-electron chi connectivity index (χ3n) is 5.22. The maximum Gasteiger partial charge on any atom is 0.335 e. The van der Waals surface area contributed by atoms with Crippen molar-refractivity contribution < 1.29 is 24.3 Å². The van der Waals surface area contributed by atoms with E-state index in [9.17, 15) is 24.3 Å². The van der Waals surface area contributed by atoms with E-state index < -0.39 is 29.9 Å². The van der Waals surface area contributed by atoms with E-state index in [1.54, 1.807) is 66.2 Å². The molecular weight excluding hydrogens is 398 g/mol. The average Bonchev–Trinajstić information content (AvgIpc) is 3.15. The van der Waals surface area contributed by atoms with E-state index in [4.69, 9.17) is 0 Å². The first-order chi connectivity index (χ1) is 14.8. The van der Waals surface area contributed by atoms with E-state index in [2.05, 4.69) is 5.32 Å². The summed E-state index contributed by atoms with van der Waals surface area (Å²) >= 11 is 0.